The van der Waals surface area contributed by atoms with E-state index in [1.807, 2.05) is 0 Å². The minimum Gasteiger partial charge on any atom is -0.394 e. The van der Waals surface area contributed by atoms with Gasteiger partial charge in [-0.25, -0.2) is 0 Å². The smallest absolute Gasteiger partial charge is 0.133 e. The maximum atomic E-state index is 11.4. The number of aliphatic hydroxyl groups excluding tert-OH is 2. The molecule has 0 amide bonds. The molecule has 0 saturated carbocycles. The fourth-order valence-electron chi connectivity index (χ4n) is 0.465. The molecule has 0 saturated heterocycles. The Morgan fingerprint density at radius 2 is 2.30 bits per heavy atom. The monoisotopic (exact) mass is 152 g/mol. The highest BCUT2D eigenvalue weighted by atomic mass is 19.3. The molecule has 0 radical (unpaired) electrons. The quantitative estimate of drug-likeness (QED) is 0.506. The average molecular weight is 152 g/mol. The molecule has 0 aliphatic carbocycles. The van der Waals surface area contributed by atoms with E-state index >= 15 is 0 Å². The van der Waals surface area contributed by atoms with E-state index in [0.29, 0.717) is 6.29 Å². The van der Waals surface area contributed by atoms with Crippen molar-refractivity contribution in [3.8, 4) is 0 Å². The van der Waals surface area contributed by atoms with Crippen LogP contribution in [0.4, 0.5) is 4.53 Å². The molecule has 0 fully saturated rings. The SMILES string of the molecule is O=CC[C@H](OF)[C@H](O)CO. The third-order valence-corrected chi connectivity index (χ3v) is 1.06. The third kappa shape index (κ3) is 2.86. The maximum Gasteiger partial charge on any atom is 0.133 e. The average Bonchev–Trinajstić information content (AvgIpc) is 1.99. The second-order valence-electron chi connectivity index (χ2n) is 1.78. The van der Waals surface area contributed by atoms with Crippen LogP contribution in [0.5, 0.6) is 0 Å². The third-order valence-electron chi connectivity index (χ3n) is 1.06. The zero-order chi connectivity index (χ0) is 7.98. The van der Waals surface area contributed by atoms with Crippen molar-refractivity contribution in [2.45, 2.75) is 18.6 Å². The van der Waals surface area contributed by atoms with Crippen LogP contribution in [-0.2, 0) is 9.74 Å². The van der Waals surface area contributed by atoms with E-state index in [1.54, 1.807) is 0 Å². The van der Waals surface area contributed by atoms with Gasteiger partial charge in [0.15, 0.2) is 0 Å². The number of hydrogen-bond donors (Lipinski definition) is 2. The predicted octanol–water partition coefficient (Wildman–Crippen LogP) is -0.802. The number of carbonyl (C=O) groups excluding carboxylic acids is 1. The molecule has 4 nitrogen and oxygen atoms in total. The molecule has 60 valence electrons. The zero-order valence-corrected chi connectivity index (χ0v) is 5.24. The summed E-state index contributed by atoms with van der Waals surface area (Å²) in [4.78, 5) is 13.0. The van der Waals surface area contributed by atoms with Crippen molar-refractivity contribution in [1.82, 2.24) is 0 Å². The lowest BCUT2D eigenvalue weighted by molar-refractivity contribution is -0.213. The Bertz CT molecular complexity index is 97.6. The lowest BCUT2D eigenvalue weighted by atomic mass is 10.2. The van der Waals surface area contributed by atoms with Crippen LogP contribution >= 0.6 is 0 Å². The molecule has 0 aromatic heterocycles. The summed E-state index contributed by atoms with van der Waals surface area (Å²) in [6.07, 6.45) is -2.45. The molecule has 0 spiro atoms. The molecule has 2 N–H and O–H groups in total. The second kappa shape index (κ2) is 5.28. The van der Waals surface area contributed by atoms with Gasteiger partial charge in [-0.3, -0.25) is 0 Å². The van der Waals surface area contributed by atoms with Crippen LogP contribution in [0.3, 0.4) is 0 Å². The largest absolute Gasteiger partial charge is 0.394 e. The summed E-state index contributed by atoms with van der Waals surface area (Å²) >= 11 is 0. The molecular formula is C5H9FO4. The van der Waals surface area contributed by atoms with Gasteiger partial charge in [-0.05, 0) is 4.53 Å². The number of rotatable bonds is 5. The van der Waals surface area contributed by atoms with Crippen LogP contribution in [0.1, 0.15) is 6.42 Å². The molecule has 0 aromatic rings. The van der Waals surface area contributed by atoms with Crippen molar-refractivity contribution in [3.63, 3.8) is 0 Å². The molecular weight excluding hydrogens is 143 g/mol. The number of halogens is 1. The van der Waals surface area contributed by atoms with Gasteiger partial charge in [0, 0.05) is 6.42 Å². The van der Waals surface area contributed by atoms with Crippen molar-refractivity contribution in [2.24, 2.45) is 0 Å². The van der Waals surface area contributed by atoms with E-state index < -0.39 is 18.8 Å². The van der Waals surface area contributed by atoms with Gasteiger partial charge < -0.3 is 15.0 Å². The van der Waals surface area contributed by atoms with E-state index in [0.717, 1.165) is 0 Å². The number of hydrogen-bond acceptors (Lipinski definition) is 4. The van der Waals surface area contributed by atoms with E-state index in [9.17, 15) is 9.32 Å². The van der Waals surface area contributed by atoms with E-state index in [-0.39, 0.29) is 6.42 Å². The van der Waals surface area contributed by atoms with Crippen LogP contribution in [0.2, 0.25) is 0 Å². The Hall–Kier alpha value is -0.520. The van der Waals surface area contributed by atoms with Gasteiger partial charge >= 0.3 is 0 Å². The van der Waals surface area contributed by atoms with Gasteiger partial charge in [0.2, 0.25) is 0 Å². The molecule has 0 unspecified atom stereocenters. The summed E-state index contributed by atoms with van der Waals surface area (Å²) in [6, 6.07) is 0. The highest BCUT2D eigenvalue weighted by molar-refractivity contribution is 5.50. The van der Waals surface area contributed by atoms with Crippen molar-refractivity contribution < 1.29 is 24.5 Å². The Morgan fingerprint density at radius 1 is 1.70 bits per heavy atom. The van der Waals surface area contributed by atoms with Crippen LogP contribution in [0.15, 0.2) is 0 Å². The molecule has 0 aliphatic rings. The van der Waals surface area contributed by atoms with E-state index in [1.165, 1.54) is 0 Å². The molecule has 10 heavy (non-hydrogen) atoms. The van der Waals surface area contributed by atoms with E-state index in [2.05, 4.69) is 4.94 Å². The fraction of sp³-hybridized carbons (Fsp3) is 0.800. The molecule has 0 rings (SSSR count). The van der Waals surface area contributed by atoms with Gasteiger partial charge in [0.05, 0.1) is 6.61 Å². The molecule has 5 heteroatoms. The first-order valence-electron chi connectivity index (χ1n) is 2.76. The standard InChI is InChI=1S/C5H9FO4/c6-10-5(1-2-7)4(9)3-8/h2,4-5,8-9H,1,3H2/t4-,5+/m1/s1. The van der Waals surface area contributed by atoms with Crippen molar-refractivity contribution in [3.05, 3.63) is 0 Å². The van der Waals surface area contributed by atoms with Gasteiger partial charge in [0.1, 0.15) is 18.5 Å². The van der Waals surface area contributed by atoms with Crippen LogP contribution in [0, 0.1) is 0 Å². The minimum atomic E-state index is -1.34. The predicted molar refractivity (Wildman–Crippen MR) is 29.8 cm³/mol. The highest BCUT2D eigenvalue weighted by Crippen LogP contribution is 2.02. The lowest BCUT2D eigenvalue weighted by Gasteiger charge is -2.12. The first-order chi connectivity index (χ1) is 4.76. The first-order valence-corrected chi connectivity index (χ1v) is 2.76. The summed E-state index contributed by atoms with van der Waals surface area (Å²) in [5.74, 6) is 0. The lowest BCUT2D eigenvalue weighted by Crippen LogP contribution is -2.30. The first kappa shape index (κ1) is 9.48. The van der Waals surface area contributed by atoms with Crippen LogP contribution in [-0.4, -0.2) is 35.3 Å². The number of aliphatic hydroxyl groups is 2. The zero-order valence-electron chi connectivity index (χ0n) is 5.24. The summed E-state index contributed by atoms with van der Waals surface area (Å²) in [5.41, 5.74) is 0. The minimum absolute atomic E-state index is 0.266. The van der Waals surface area contributed by atoms with Crippen molar-refractivity contribution in [1.29, 1.82) is 0 Å². The molecule has 0 bridgehead atoms. The Balaban J connectivity index is 3.67. The van der Waals surface area contributed by atoms with Crippen molar-refractivity contribution in [2.75, 3.05) is 6.61 Å². The van der Waals surface area contributed by atoms with Gasteiger partial charge in [0.25, 0.3) is 0 Å². The Labute approximate surface area is 57.1 Å². The van der Waals surface area contributed by atoms with Gasteiger partial charge in [-0.1, -0.05) is 0 Å². The van der Waals surface area contributed by atoms with E-state index in [4.69, 9.17) is 10.2 Å². The summed E-state index contributed by atoms with van der Waals surface area (Å²) in [5, 5.41) is 16.9. The molecule has 0 heterocycles. The van der Waals surface area contributed by atoms with Gasteiger partial charge in [-0.15, -0.1) is 0 Å². The summed E-state index contributed by atoms with van der Waals surface area (Å²) < 4.78 is 11.4. The summed E-state index contributed by atoms with van der Waals surface area (Å²) in [6.45, 7) is -0.623. The molecule has 0 aromatic carbocycles. The number of carbonyl (C=O) groups is 1. The fourth-order valence-corrected chi connectivity index (χ4v) is 0.465. The van der Waals surface area contributed by atoms with Crippen LogP contribution in [0.25, 0.3) is 0 Å². The number of aldehydes is 1. The Kier molecular flexibility index (Phi) is 5.00. The van der Waals surface area contributed by atoms with Crippen molar-refractivity contribution >= 4 is 6.29 Å². The van der Waals surface area contributed by atoms with Gasteiger partial charge in [-0.2, -0.15) is 4.94 Å². The highest BCUT2D eigenvalue weighted by Gasteiger charge is 2.19. The normalized spacial score (nSPS) is 16.3. The topological polar surface area (TPSA) is 66.8 Å². The Morgan fingerprint density at radius 3 is 2.60 bits per heavy atom. The molecule has 0 aliphatic heterocycles. The molecule has 2 atom stereocenters. The maximum absolute atomic E-state index is 11.4. The van der Waals surface area contributed by atoms with Crippen LogP contribution < -0.4 is 0 Å². The summed E-state index contributed by atoms with van der Waals surface area (Å²) in [7, 11) is 0. The second-order valence-corrected chi connectivity index (χ2v) is 1.78.